The molecule has 2 rings (SSSR count). The first-order valence-electron chi connectivity index (χ1n) is 6.02. The number of piperazine rings is 1. The van der Waals surface area contributed by atoms with Crippen molar-refractivity contribution in [1.29, 1.82) is 0 Å². The van der Waals surface area contributed by atoms with Crippen LogP contribution in [0.5, 0.6) is 0 Å². The minimum atomic E-state index is -0.388. The zero-order valence-corrected chi connectivity index (χ0v) is 11.5. The minimum absolute atomic E-state index is 0.0498. The molecule has 0 spiro atoms. The Morgan fingerprint density at radius 2 is 2.21 bits per heavy atom. The Bertz CT molecular complexity index is 521. The monoisotopic (exact) mass is 281 g/mol. The molecule has 0 saturated carbocycles. The third-order valence-corrected chi connectivity index (χ3v) is 3.49. The molecule has 6 heteroatoms. The standard InChI is InChI=1S/C13H16FN3OS/c1-16-5-6-17(8-11(16)18)7-9-3-2-4-10(12(9)14)13(15)19/h2-4H,5-8H2,1H3,(H2,15,19). The van der Waals surface area contributed by atoms with Gasteiger partial charge in [-0.25, -0.2) is 4.39 Å². The SMILES string of the molecule is CN1CCN(Cc2cccc(C(N)=S)c2F)CC1=O. The molecule has 4 nitrogen and oxygen atoms in total. The number of amides is 1. The van der Waals surface area contributed by atoms with E-state index < -0.39 is 0 Å². The van der Waals surface area contributed by atoms with E-state index in [4.69, 9.17) is 18.0 Å². The van der Waals surface area contributed by atoms with E-state index >= 15 is 0 Å². The summed E-state index contributed by atoms with van der Waals surface area (Å²) in [5.41, 5.74) is 6.25. The zero-order chi connectivity index (χ0) is 14.0. The van der Waals surface area contributed by atoms with Crippen molar-refractivity contribution in [1.82, 2.24) is 9.80 Å². The van der Waals surface area contributed by atoms with Crippen molar-refractivity contribution in [3.8, 4) is 0 Å². The van der Waals surface area contributed by atoms with Gasteiger partial charge in [0.15, 0.2) is 0 Å². The summed E-state index contributed by atoms with van der Waals surface area (Å²) in [7, 11) is 1.77. The molecule has 1 aliphatic rings. The van der Waals surface area contributed by atoms with Gasteiger partial charge >= 0.3 is 0 Å². The van der Waals surface area contributed by atoms with Gasteiger partial charge < -0.3 is 10.6 Å². The van der Waals surface area contributed by atoms with Crippen LogP contribution >= 0.6 is 12.2 Å². The van der Waals surface area contributed by atoms with Gasteiger partial charge in [0.1, 0.15) is 10.8 Å². The molecule has 0 aliphatic carbocycles. The Hall–Kier alpha value is -1.53. The fourth-order valence-electron chi connectivity index (χ4n) is 2.08. The summed E-state index contributed by atoms with van der Waals surface area (Å²) in [6, 6.07) is 4.99. The fourth-order valence-corrected chi connectivity index (χ4v) is 2.23. The smallest absolute Gasteiger partial charge is 0.236 e. The van der Waals surface area contributed by atoms with Crippen LogP contribution in [0.15, 0.2) is 18.2 Å². The van der Waals surface area contributed by atoms with Gasteiger partial charge in [-0.05, 0) is 6.07 Å². The summed E-state index contributed by atoms with van der Waals surface area (Å²) < 4.78 is 14.2. The molecule has 0 atom stereocenters. The fraction of sp³-hybridized carbons (Fsp3) is 0.385. The number of hydrogen-bond acceptors (Lipinski definition) is 3. The van der Waals surface area contributed by atoms with E-state index in [0.29, 0.717) is 25.2 Å². The number of likely N-dealkylation sites (N-methyl/N-ethyl adjacent to an activating group) is 1. The topological polar surface area (TPSA) is 49.6 Å². The Kier molecular flexibility index (Phi) is 4.11. The number of halogens is 1. The molecular weight excluding hydrogens is 265 g/mol. The highest BCUT2D eigenvalue weighted by Crippen LogP contribution is 2.16. The van der Waals surface area contributed by atoms with Gasteiger partial charge in [-0.3, -0.25) is 9.69 Å². The van der Waals surface area contributed by atoms with E-state index in [9.17, 15) is 9.18 Å². The number of hydrogen-bond donors (Lipinski definition) is 1. The van der Waals surface area contributed by atoms with E-state index in [1.807, 2.05) is 4.90 Å². The molecule has 0 bridgehead atoms. The number of rotatable bonds is 3. The number of carbonyl (C=O) groups is 1. The van der Waals surface area contributed by atoms with Gasteiger partial charge in [0.05, 0.1) is 6.54 Å². The molecular formula is C13H16FN3OS. The average Bonchev–Trinajstić information content (AvgIpc) is 2.36. The molecule has 1 fully saturated rings. The molecule has 1 aromatic rings. The lowest BCUT2D eigenvalue weighted by Crippen LogP contribution is -2.48. The Labute approximate surface area is 117 Å². The maximum absolute atomic E-state index is 14.2. The average molecular weight is 281 g/mol. The lowest BCUT2D eigenvalue weighted by atomic mass is 10.1. The second-order valence-corrected chi connectivity index (χ2v) is 5.11. The van der Waals surface area contributed by atoms with Crippen LogP contribution in [0.3, 0.4) is 0 Å². The Morgan fingerprint density at radius 3 is 2.84 bits per heavy atom. The van der Waals surface area contributed by atoms with Crippen LogP contribution in [-0.4, -0.2) is 47.4 Å². The van der Waals surface area contributed by atoms with Crippen LogP contribution in [-0.2, 0) is 11.3 Å². The van der Waals surface area contributed by atoms with Gasteiger partial charge in [0, 0.05) is 37.8 Å². The number of nitrogens with zero attached hydrogens (tertiary/aromatic N) is 2. The number of benzene rings is 1. The molecule has 1 aliphatic heterocycles. The van der Waals surface area contributed by atoms with Crippen molar-refractivity contribution in [2.24, 2.45) is 5.73 Å². The number of carbonyl (C=O) groups excluding carboxylic acids is 1. The van der Waals surface area contributed by atoms with Crippen molar-refractivity contribution in [3.05, 3.63) is 35.1 Å². The van der Waals surface area contributed by atoms with E-state index in [0.717, 1.165) is 6.54 Å². The molecule has 19 heavy (non-hydrogen) atoms. The van der Waals surface area contributed by atoms with E-state index in [1.54, 1.807) is 30.1 Å². The Morgan fingerprint density at radius 1 is 1.47 bits per heavy atom. The summed E-state index contributed by atoms with van der Waals surface area (Å²) in [6.45, 7) is 2.10. The van der Waals surface area contributed by atoms with Crippen LogP contribution in [0.4, 0.5) is 4.39 Å². The van der Waals surface area contributed by atoms with Crippen LogP contribution < -0.4 is 5.73 Å². The highest BCUT2D eigenvalue weighted by molar-refractivity contribution is 7.80. The molecule has 0 unspecified atom stereocenters. The highest BCUT2D eigenvalue weighted by atomic mass is 32.1. The van der Waals surface area contributed by atoms with Crippen LogP contribution in [0, 0.1) is 5.82 Å². The summed E-state index contributed by atoms with van der Waals surface area (Å²) in [5, 5.41) is 0. The molecule has 0 aromatic heterocycles. The lowest BCUT2D eigenvalue weighted by Gasteiger charge is -2.32. The predicted octanol–water partition coefficient (Wildman–Crippen LogP) is 0.734. The predicted molar refractivity (Wildman–Crippen MR) is 75.2 cm³/mol. The zero-order valence-electron chi connectivity index (χ0n) is 10.7. The molecule has 0 radical (unpaired) electrons. The molecule has 1 aromatic carbocycles. The Balaban J connectivity index is 2.14. The van der Waals surface area contributed by atoms with Crippen molar-refractivity contribution < 1.29 is 9.18 Å². The molecule has 102 valence electrons. The van der Waals surface area contributed by atoms with Gasteiger partial charge in [0.25, 0.3) is 0 Å². The van der Waals surface area contributed by atoms with Gasteiger partial charge in [-0.15, -0.1) is 0 Å². The summed E-state index contributed by atoms with van der Waals surface area (Å²) in [4.78, 5) is 15.3. The summed E-state index contributed by atoms with van der Waals surface area (Å²) in [5.74, 6) is -0.335. The largest absolute Gasteiger partial charge is 0.389 e. The van der Waals surface area contributed by atoms with Gasteiger partial charge in [0.2, 0.25) is 5.91 Å². The molecule has 1 saturated heterocycles. The van der Waals surface area contributed by atoms with Crippen molar-refractivity contribution in [2.45, 2.75) is 6.54 Å². The summed E-state index contributed by atoms with van der Waals surface area (Å²) >= 11 is 4.81. The minimum Gasteiger partial charge on any atom is -0.389 e. The molecule has 1 amide bonds. The second kappa shape index (κ2) is 5.63. The van der Waals surface area contributed by atoms with Crippen molar-refractivity contribution >= 4 is 23.1 Å². The van der Waals surface area contributed by atoms with Gasteiger partial charge in [-0.1, -0.05) is 24.4 Å². The lowest BCUT2D eigenvalue weighted by molar-refractivity contribution is -0.134. The van der Waals surface area contributed by atoms with Crippen LogP contribution in [0.1, 0.15) is 11.1 Å². The number of nitrogens with two attached hydrogens (primary N) is 1. The van der Waals surface area contributed by atoms with Crippen molar-refractivity contribution in [3.63, 3.8) is 0 Å². The maximum Gasteiger partial charge on any atom is 0.236 e. The van der Waals surface area contributed by atoms with Crippen LogP contribution in [0.25, 0.3) is 0 Å². The van der Waals surface area contributed by atoms with E-state index in [1.165, 1.54) is 0 Å². The quantitative estimate of drug-likeness (QED) is 0.830. The third-order valence-electron chi connectivity index (χ3n) is 3.27. The first-order chi connectivity index (χ1) is 8.99. The first kappa shape index (κ1) is 13.9. The van der Waals surface area contributed by atoms with Crippen molar-refractivity contribution in [2.75, 3.05) is 26.7 Å². The maximum atomic E-state index is 14.2. The highest BCUT2D eigenvalue weighted by Gasteiger charge is 2.22. The van der Waals surface area contributed by atoms with Gasteiger partial charge in [-0.2, -0.15) is 0 Å². The van der Waals surface area contributed by atoms with E-state index in [-0.39, 0.29) is 22.3 Å². The second-order valence-electron chi connectivity index (χ2n) is 4.67. The molecule has 2 N–H and O–H groups in total. The number of thiocarbonyl (C=S) groups is 1. The normalized spacial score (nSPS) is 16.7. The third kappa shape index (κ3) is 3.08. The van der Waals surface area contributed by atoms with E-state index in [2.05, 4.69) is 0 Å². The van der Waals surface area contributed by atoms with Crippen LogP contribution in [0.2, 0.25) is 0 Å². The molecule has 1 heterocycles. The first-order valence-corrected chi connectivity index (χ1v) is 6.43. The summed E-state index contributed by atoms with van der Waals surface area (Å²) in [6.07, 6.45) is 0.